The van der Waals surface area contributed by atoms with Gasteiger partial charge in [-0.15, -0.1) is 0 Å². The third kappa shape index (κ3) is 4.28. The molecule has 9 nitrogen and oxygen atoms in total. The Kier molecular flexibility index (Phi) is 6.12. The van der Waals surface area contributed by atoms with Crippen molar-refractivity contribution in [2.75, 3.05) is 14.2 Å². The van der Waals surface area contributed by atoms with E-state index in [9.17, 15) is 20.0 Å². The number of methoxy groups -OCH3 is 2. The second kappa shape index (κ2) is 8.30. The Morgan fingerprint density at radius 3 is 2.65 bits per heavy atom. The van der Waals surface area contributed by atoms with Crippen molar-refractivity contribution in [1.82, 2.24) is 5.43 Å². The van der Waals surface area contributed by atoms with Gasteiger partial charge in [0.2, 0.25) is 5.75 Å². The molecule has 2 aromatic carbocycles. The van der Waals surface area contributed by atoms with Crippen LogP contribution in [0.4, 0.5) is 5.69 Å². The number of hydrogen-bond donors (Lipinski definition) is 2. The van der Waals surface area contributed by atoms with Crippen LogP contribution in [-0.2, 0) is 0 Å². The van der Waals surface area contributed by atoms with E-state index in [1.165, 1.54) is 20.3 Å². The number of halogens is 1. The molecule has 1 amide bonds. The molecule has 0 saturated heterocycles. The molecule has 0 heterocycles. The van der Waals surface area contributed by atoms with Crippen LogP contribution < -0.4 is 14.9 Å². The number of rotatable bonds is 6. The lowest BCUT2D eigenvalue weighted by atomic mass is 10.1. The maximum absolute atomic E-state index is 12.2. The van der Waals surface area contributed by atoms with Crippen LogP contribution in [0, 0.1) is 10.1 Å². The van der Waals surface area contributed by atoms with E-state index in [1.54, 1.807) is 18.2 Å². The number of nitrogens with one attached hydrogen (secondary N) is 1. The van der Waals surface area contributed by atoms with Gasteiger partial charge in [0.15, 0.2) is 0 Å². The number of carbonyl (C=O) groups excluding carboxylic acids is 1. The highest BCUT2D eigenvalue weighted by Crippen LogP contribution is 2.33. The molecule has 10 heteroatoms. The first-order chi connectivity index (χ1) is 12.4. The summed E-state index contributed by atoms with van der Waals surface area (Å²) in [7, 11) is 2.76. The molecule has 0 spiro atoms. The predicted octanol–water partition coefficient (Wildman–Crippen LogP) is 2.84. The SMILES string of the molecule is COc1cc(/C=N\NC(=O)c2cc(Br)ccc2OC)c(O)c([N+](=O)[O-])c1. The lowest BCUT2D eigenvalue weighted by molar-refractivity contribution is -0.385. The lowest BCUT2D eigenvalue weighted by Gasteiger charge is -2.07. The smallest absolute Gasteiger partial charge is 0.315 e. The van der Waals surface area contributed by atoms with Gasteiger partial charge in [0.05, 0.1) is 37.0 Å². The predicted molar refractivity (Wildman–Crippen MR) is 97.1 cm³/mol. The summed E-state index contributed by atoms with van der Waals surface area (Å²) in [4.78, 5) is 22.4. The topological polar surface area (TPSA) is 123 Å². The maximum atomic E-state index is 12.2. The molecule has 0 bridgehead atoms. The molecule has 0 aromatic heterocycles. The molecule has 0 aliphatic carbocycles. The molecule has 26 heavy (non-hydrogen) atoms. The number of nitro groups is 1. The number of phenols is 1. The Bertz CT molecular complexity index is 885. The highest BCUT2D eigenvalue weighted by Gasteiger charge is 2.19. The molecule has 2 N–H and O–H groups in total. The number of aromatic hydroxyl groups is 1. The fourth-order valence-corrected chi connectivity index (χ4v) is 2.41. The van der Waals surface area contributed by atoms with Gasteiger partial charge in [0.25, 0.3) is 5.91 Å². The number of hydrogen-bond acceptors (Lipinski definition) is 7. The van der Waals surface area contributed by atoms with E-state index in [4.69, 9.17) is 9.47 Å². The van der Waals surface area contributed by atoms with Gasteiger partial charge in [-0.25, -0.2) is 5.43 Å². The quantitative estimate of drug-likeness (QED) is 0.418. The molecule has 0 unspecified atom stereocenters. The number of amides is 1. The van der Waals surface area contributed by atoms with Crippen molar-refractivity contribution in [1.29, 1.82) is 0 Å². The summed E-state index contributed by atoms with van der Waals surface area (Å²) >= 11 is 3.26. The van der Waals surface area contributed by atoms with Crippen LogP contribution in [0.25, 0.3) is 0 Å². The van der Waals surface area contributed by atoms with Crippen molar-refractivity contribution in [2.45, 2.75) is 0 Å². The zero-order chi connectivity index (χ0) is 19.3. The molecule has 136 valence electrons. The van der Waals surface area contributed by atoms with Crippen molar-refractivity contribution in [3.05, 3.63) is 56.0 Å². The summed E-state index contributed by atoms with van der Waals surface area (Å²) in [6.45, 7) is 0. The first kappa shape index (κ1) is 19.2. The molecule has 0 radical (unpaired) electrons. The monoisotopic (exact) mass is 423 g/mol. The van der Waals surface area contributed by atoms with Crippen molar-refractivity contribution in [3.63, 3.8) is 0 Å². The molecular formula is C16H14BrN3O6. The zero-order valence-electron chi connectivity index (χ0n) is 13.7. The second-order valence-electron chi connectivity index (χ2n) is 4.89. The molecule has 0 aliphatic rings. The molecule has 2 aromatic rings. The highest BCUT2D eigenvalue weighted by molar-refractivity contribution is 9.10. The number of nitro benzene ring substituents is 1. The first-order valence-corrected chi connectivity index (χ1v) is 7.89. The summed E-state index contributed by atoms with van der Waals surface area (Å²) in [5.74, 6) is -0.637. The van der Waals surface area contributed by atoms with E-state index in [0.29, 0.717) is 10.2 Å². The number of phenolic OH excluding ortho intramolecular Hbond substituents is 1. The van der Waals surface area contributed by atoms with Crippen molar-refractivity contribution < 1.29 is 24.3 Å². The zero-order valence-corrected chi connectivity index (χ0v) is 15.3. The Hall–Kier alpha value is -3.14. The Balaban J connectivity index is 2.26. The van der Waals surface area contributed by atoms with Crippen LogP contribution in [0.1, 0.15) is 15.9 Å². The van der Waals surface area contributed by atoms with E-state index in [1.807, 2.05) is 0 Å². The molecular weight excluding hydrogens is 410 g/mol. The maximum Gasteiger partial charge on any atom is 0.315 e. The van der Waals surface area contributed by atoms with Gasteiger partial charge in [-0.05, 0) is 24.3 Å². The Labute approximate surface area is 156 Å². The van der Waals surface area contributed by atoms with E-state index < -0.39 is 22.3 Å². The van der Waals surface area contributed by atoms with E-state index in [0.717, 1.165) is 12.3 Å². The molecule has 2 rings (SSSR count). The van der Waals surface area contributed by atoms with Crippen molar-refractivity contribution in [3.8, 4) is 17.2 Å². The van der Waals surface area contributed by atoms with Crippen LogP contribution in [0.5, 0.6) is 17.2 Å². The van der Waals surface area contributed by atoms with Crippen LogP contribution in [0.15, 0.2) is 39.9 Å². The minimum Gasteiger partial charge on any atom is -0.502 e. The minimum atomic E-state index is -0.750. The minimum absolute atomic E-state index is 0.0116. The first-order valence-electron chi connectivity index (χ1n) is 7.09. The van der Waals surface area contributed by atoms with Crippen LogP contribution >= 0.6 is 15.9 Å². The number of hydrazone groups is 1. The van der Waals surface area contributed by atoms with Crippen molar-refractivity contribution >= 4 is 33.7 Å². The van der Waals surface area contributed by atoms with Gasteiger partial charge in [-0.3, -0.25) is 14.9 Å². The van der Waals surface area contributed by atoms with Gasteiger partial charge in [0.1, 0.15) is 11.5 Å². The van der Waals surface area contributed by atoms with Gasteiger partial charge in [-0.2, -0.15) is 5.10 Å². The largest absolute Gasteiger partial charge is 0.502 e. The normalized spacial score (nSPS) is 10.6. The Morgan fingerprint density at radius 2 is 2.04 bits per heavy atom. The van der Waals surface area contributed by atoms with Gasteiger partial charge in [0, 0.05) is 10.0 Å². The third-order valence-corrected chi connectivity index (χ3v) is 3.79. The fourth-order valence-electron chi connectivity index (χ4n) is 2.05. The van der Waals surface area contributed by atoms with E-state index in [-0.39, 0.29) is 16.9 Å². The summed E-state index contributed by atoms with van der Waals surface area (Å²) in [6, 6.07) is 7.30. The summed E-state index contributed by atoms with van der Waals surface area (Å²) in [5, 5.41) is 24.6. The number of ether oxygens (including phenoxy) is 2. The van der Waals surface area contributed by atoms with Crippen LogP contribution in [-0.4, -0.2) is 36.4 Å². The van der Waals surface area contributed by atoms with Gasteiger partial charge >= 0.3 is 5.69 Å². The molecule has 0 aliphatic heterocycles. The summed E-state index contributed by atoms with van der Waals surface area (Å²) < 4.78 is 10.7. The second-order valence-corrected chi connectivity index (χ2v) is 5.80. The number of nitrogens with zero attached hydrogens (tertiary/aromatic N) is 2. The van der Waals surface area contributed by atoms with E-state index in [2.05, 4.69) is 26.5 Å². The highest BCUT2D eigenvalue weighted by atomic mass is 79.9. The molecule has 0 atom stereocenters. The molecule has 0 saturated carbocycles. The summed E-state index contributed by atoms with van der Waals surface area (Å²) in [5.41, 5.74) is 1.98. The number of carbonyl (C=O) groups is 1. The van der Waals surface area contributed by atoms with Gasteiger partial charge in [-0.1, -0.05) is 15.9 Å². The third-order valence-electron chi connectivity index (χ3n) is 3.30. The van der Waals surface area contributed by atoms with Crippen molar-refractivity contribution in [2.24, 2.45) is 5.10 Å². The van der Waals surface area contributed by atoms with Crippen LogP contribution in [0.2, 0.25) is 0 Å². The van der Waals surface area contributed by atoms with Gasteiger partial charge < -0.3 is 14.6 Å². The van der Waals surface area contributed by atoms with Crippen LogP contribution in [0.3, 0.4) is 0 Å². The summed E-state index contributed by atoms with van der Waals surface area (Å²) in [6.07, 6.45) is 1.08. The van der Waals surface area contributed by atoms with E-state index >= 15 is 0 Å². The lowest BCUT2D eigenvalue weighted by Crippen LogP contribution is -2.18. The number of benzene rings is 2. The average Bonchev–Trinajstić information content (AvgIpc) is 2.62. The Morgan fingerprint density at radius 1 is 1.31 bits per heavy atom. The fraction of sp³-hybridized carbons (Fsp3) is 0.125. The molecule has 0 fully saturated rings. The average molecular weight is 424 g/mol. The standard InChI is InChI=1S/C16H14BrN3O6/c1-25-11-5-9(15(21)13(7-11)20(23)24)8-18-19-16(22)12-6-10(17)3-4-14(12)26-2/h3-8,21H,1-2H3,(H,19,22)/b18-8-.